The number of carbonyl (C=O) groups excluding carboxylic acids is 1. The monoisotopic (exact) mass is 349 g/mol. The fourth-order valence-electron chi connectivity index (χ4n) is 2.35. The molecule has 0 atom stereocenters. The van der Waals surface area contributed by atoms with Gasteiger partial charge in [-0.3, -0.25) is 4.79 Å². The lowest BCUT2D eigenvalue weighted by Gasteiger charge is -2.11. The van der Waals surface area contributed by atoms with Crippen molar-refractivity contribution in [3.8, 4) is 22.9 Å². The van der Waals surface area contributed by atoms with E-state index in [1.807, 2.05) is 61.5 Å². The number of ether oxygens (including phenoxy) is 2. The number of rotatable bonds is 6. The molecule has 1 aromatic heterocycles. The van der Waals surface area contributed by atoms with Gasteiger partial charge in [0.15, 0.2) is 6.61 Å². The van der Waals surface area contributed by atoms with Gasteiger partial charge in [0.25, 0.3) is 5.91 Å². The standard InChI is InChI=1S/C20H19N3O3/c1-14-8-9-15(17-10-11-20(25-2)23-22-17)12-18(14)21-19(24)13-26-16-6-4-3-5-7-16/h3-12H,13H2,1-2H3,(H,21,24). The molecular formula is C20H19N3O3. The van der Waals surface area contributed by atoms with Crippen molar-refractivity contribution in [2.75, 3.05) is 19.0 Å². The third-order valence-electron chi connectivity index (χ3n) is 3.77. The van der Waals surface area contributed by atoms with Crippen LogP contribution in [0.3, 0.4) is 0 Å². The van der Waals surface area contributed by atoms with E-state index >= 15 is 0 Å². The van der Waals surface area contributed by atoms with Gasteiger partial charge in [-0.05, 0) is 36.8 Å². The van der Waals surface area contributed by atoms with E-state index < -0.39 is 0 Å². The predicted octanol–water partition coefficient (Wildman–Crippen LogP) is 3.48. The van der Waals surface area contributed by atoms with Crippen LogP contribution < -0.4 is 14.8 Å². The zero-order chi connectivity index (χ0) is 18.4. The summed E-state index contributed by atoms with van der Waals surface area (Å²) in [5.74, 6) is 0.879. The van der Waals surface area contributed by atoms with Gasteiger partial charge in [0.1, 0.15) is 5.75 Å². The molecule has 0 aliphatic rings. The normalized spacial score (nSPS) is 10.2. The molecule has 0 saturated heterocycles. The number of aromatic nitrogens is 2. The lowest BCUT2D eigenvalue weighted by atomic mass is 10.1. The van der Waals surface area contributed by atoms with Crippen LogP contribution in [0.15, 0.2) is 60.7 Å². The largest absolute Gasteiger partial charge is 0.484 e. The van der Waals surface area contributed by atoms with Crippen LogP contribution in [-0.4, -0.2) is 29.8 Å². The molecular weight excluding hydrogens is 330 g/mol. The maximum absolute atomic E-state index is 12.2. The molecule has 0 aliphatic heterocycles. The van der Waals surface area contributed by atoms with Crippen molar-refractivity contribution in [1.82, 2.24) is 10.2 Å². The summed E-state index contributed by atoms with van der Waals surface area (Å²) >= 11 is 0. The summed E-state index contributed by atoms with van der Waals surface area (Å²) in [6.45, 7) is 1.87. The molecule has 3 aromatic rings. The summed E-state index contributed by atoms with van der Waals surface area (Å²) < 4.78 is 10.5. The van der Waals surface area contributed by atoms with Crippen LogP contribution in [0.2, 0.25) is 0 Å². The van der Waals surface area contributed by atoms with E-state index in [0.29, 0.717) is 23.0 Å². The number of hydrogen-bond acceptors (Lipinski definition) is 5. The van der Waals surface area contributed by atoms with Crippen molar-refractivity contribution >= 4 is 11.6 Å². The van der Waals surface area contributed by atoms with Crippen LogP contribution in [-0.2, 0) is 4.79 Å². The first-order chi connectivity index (χ1) is 12.7. The number of amides is 1. The minimum Gasteiger partial charge on any atom is -0.484 e. The molecule has 0 spiro atoms. The molecule has 2 aromatic carbocycles. The number of para-hydroxylation sites is 1. The van der Waals surface area contributed by atoms with E-state index in [1.165, 1.54) is 0 Å². The Kier molecular flexibility index (Phi) is 5.43. The highest BCUT2D eigenvalue weighted by molar-refractivity contribution is 5.93. The molecule has 0 radical (unpaired) electrons. The summed E-state index contributed by atoms with van der Waals surface area (Å²) in [6, 6.07) is 18.5. The molecule has 3 rings (SSSR count). The van der Waals surface area contributed by atoms with Gasteiger partial charge in [-0.2, -0.15) is 0 Å². The highest BCUT2D eigenvalue weighted by Gasteiger charge is 2.09. The Bertz CT molecular complexity index is 881. The molecule has 0 aliphatic carbocycles. The first-order valence-corrected chi connectivity index (χ1v) is 8.12. The maximum Gasteiger partial charge on any atom is 0.262 e. The Balaban J connectivity index is 1.69. The Morgan fingerprint density at radius 1 is 1.04 bits per heavy atom. The SMILES string of the molecule is COc1ccc(-c2ccc(C)c(NC(=O)COc3ccccc3)c2)nn1. The van der Waals surface area contributed by atoms with Gasteiger partial charge in [0.2, 0.25) is 5.88 Å². The van der Waals surface area contributed by atoms with Gasteiger partial charge in [-0.25, -0.2) is 0 Å². The molecule has 132 valence electrons. The number of anilines is 1. The number of aryl methyl sites for hydroxylation is 1. The number of nitrogens with zero attached hydrogens (tertiary/aromatic N) is 2. The summed E-state index contributed by atoms with van der Waals surface area (Å²) in [6.07, 6.45) is 0. The number of nitrogens with one attached hydrogen (secondary N) is 1. The zero-order valence-corrected chi connectivity index (χ0v) is 14.6. The molecule has 6 heteroatoms. The summed E-state index contributed by atoms with van der Waals surface area (Å²) in [5.41, 5.74) is 3.21. The van der Waals surface area contributed by atoms with Crippen molar-refractivity contribution in [2.24, 2.45) is 0 Å². The van der Waals surface area contributed by atoms with Crippen molar-refractivity contribution in [2.45, 2.75) is 6.92 Å². The minimum atomic E-state index is -0.227. The van der Waals surface area contributed by atoms with Crippen molar-refractivity contribution in [3.63, 3.8) is 0 Å². The highest BCUT2D eigenvalue weighted by atomic mass is 16.5. The third kappa shape index (κ3) is 4.36. The second-order valence-corrected chi connectivity index (χ2v) is 5.64. The van der Waals surface area contributed by atoms with E-state index in [-0.39, 0.29) is 12.5 Å². The highest BCUT2D eigenvalue weighted by Crippen LogP contribution is 2.24. The van der Waals surface area contributed by atoms with Crippen molar-refractivity contribution in [1.29, 1.82) is 0 Å². The molecule has 1 amide bonds. The molecule has 0 fully saturated rings. The first kappa shape index (κ1) is 17.4. The van der Waals surface area contributed by atoms with Crippen molar-refractivity contribution < 1.29 is 14.3 Å². The summed E-state index contributed by atoms with van der Waals surface area (Å²) in [5, 5.41) is 11.0. The van der Waals surface area contributed by atoms with Crippen LogP contribution in [0.5, 0.6) is 11.6 Å². The van der Waals surface area contributed by atoms with E-state index in [1.54, 1.807) is 13.2 Å². The Morgan fingerprint density at radius 2 is 1.85 bits per heavy atom. The average Bonchev–Trinajstić information content (AvgIpc) is 2.69. The molecule has 6 nitrogen and oxygen atoms in total. The van der Waals surface area contributed by atoms with Gasteiger partial charge in [-0.15, -0.1) is 10.2 Å². The first-order valence-electron chi connectivity index (χ1n) is 8.12. The fourth-order valence-corrected chi connectivity index (χ4v) is 2.35. The summed E-state index contributed by atoms with van der Waals surface area (Å²) in [4.78, 5) is 12.2. The number of hydrogen-bond donors (Lipinski definition) is 1. The van der Waals surface area contributed by atoms with Crippen LogP contribution in [0.1, 0.15) is 5.56 Å². The van der Waals surface area contributed by atoms with Gasteiger partial charge in [0.05, 0.1) is 12.8 Å². The molecule has 0 saturated carbocycles. The van der Waals surface area contributed by atoms with Crippen LogP contribution in [0.4, 0.5) is 5.69 Å². The zero-order valence-electron chi connectivity index (χ0n) is 14.6. The second-order valence-electron chi connectivity index (χ2n) is 5.64. The lowest BCUT2D eigenvalue weighted by Crippen LogP contribution is -2.20. The molecule has 0 unspecified atom stereocenters. The van der Waals surface area contributed by atoms with Crippen LogP contribution in [0, 0.1) is 6.92 Å². The minimum absolute atomic E-state index is 0.0595. The van der Waals surface area contributed by atoms with E-state index in [9.17, 15) is 4.79 Å². The molecule has 1 N–H and O–H groups in total. The van der Waals surface area contributed by atoms with Gasteiger partial charge in [0, 0.05) is 17.3 Å². The molecule has 26 heavy (non-hydrogen) atoms. The second kappa shape index (κ2) is 8.11. The average molecular weight is 349 g/mol. The topological polar surface area (TPSA) is 73.3 Å². The van der Waals surface area contributed by atoms with E-state index in [2.05, 4.69) is 15.5 Å². The maximum atomic E-state index is 12.2. The van der Waals surface area contributed by atoms with E-state index in [0.717, 1.165) is 11.1 Å². The lowest BCUT2D eigenvalue weighted by molar-refractivity contribution is -0.118. The van der Waals surface area contributed by atoms with Gasteiger partial charge >= 0.3 is 0 Å². The van der Waals surface area contributed by atoms with Crippen LogP contribution in [0.25, 0.3) is 11.3 Å². The number of methoxy groups -OCH3 is 1. The predicted molar refractivity (Wildman–Crippen MR) is 99.3 cm³/mol. The number of benzene rings is 2. The Labute approximate surface area is 151 Å². The quantitative estimate of drug-likeness (QED) is 0.737. The van der Waals surface area contributed by atoms with Gasteiger partial charge < -0.3 is 14.8 Å². The summed E-state index contributed by atoms with van der Waals surface area (Å²) in [7, 11) is 1.54. The fraction of sp³-hybridized carbons (Fsp3) is 0.150. The molecule has 0 bridgehead atoms. The third-order valence-corrected chi connectivity index (χ3v) is 3.77. The number of carbonyl (C=O) groups is 1. The van der Waals surface area contributed by atoms with Crippen LogP contribution >= 0.6 is 0 Å². The Hall–Kier alpha value is -3.41. The Morgan fingerprint density at radius 3 is 2.54 bits per heavy atom. The van der Waals surface area contributed by atoms with E-state index in [4.69, 9.17) is 9.47 Å². The van der Waals surface area contributed by atoms with Crippen molar-refractivity contribution in [3.05, 3.63) is 66.2 Å². The molecule has 1 heterocycles. The smallest absolute Gasteiger partial charge is 0.262 e. The van der Waals surface area contributed by atoms with Gasteiger partial charge in [-0.1, -0.05) is 30.3 Å².